The maximum atomic E-state index is 11.0. The summed E-state index contributed by atoms with van der Waals surface area (Å²) >= 11 is 0. The summed E-state index contributed by atoms with van der Waals surface area (Å²) in [5, 5.41) is 17.8. The van der Waals surface area contributed by atoms with Crippen molar-refractivity contribution in [1.82, 2.24) is 0 Å². The second kappa shape index (κ2) is 8.49. The van der Waals surface area contributed by atoms with E-state index < -0.39 is 24.5 Å². The molecule has 2 N–H and O–H groups in total. The van der Waals surface area contributed by atoms with Crippen LogP contribution < -0.4 is 0 Å². The lowest BCUT2D eigenvalue weighted by Crippen LogP contribution is -2.17. The number of rotatable bonds is 8. The first-order chi connectivity index (χ1) is 7.99. The van der Waals surface area contributed by atoms with Crippen LogP contribution >= 0.6 is 0 Å². The van der Waals surface area contributed by atoms with Crippen LogP contribution in [0.1, 0.15) is 19.3 Å². The highest BCUT2D eigenvalue weighted by Crippen LogP contribution is 2.03. The number of aliphatic hydroxyl groups is 2. The van der Waals surface area contributed by atoms with E-state index in [0.29, 0.717) is 0 Å². The standard InChI is InChI=1S/C11H16O6/c1-3-8(12)16-10(14)6-5-7-11(15)17-9(13)4-2/h3-4,8-9,12-13H,1-2,5-7H2. The average molecular weight is 244 g/mol. The molecular weight excluding hydrogens is 228 g/mol. The lowest BCUT2D eigenvalue weighted by Gasteiger charge is -2.08. The molecule has 0 amide bonds. The molecule has 17 heavy (non-hydrogen) atoms. The fourth-order valence-corrected chi connectivity index (χ4v) is 0.860. The topological polar surface area (TPSA) is 93.1 Å². The average Bonchev–Trinajstić information content (AvgIpc) is 2.28. The van der Waals surface area contributed by atoms with Gasteiger partial charge in [-0.15, -0.1) is 0 Å². The number of ether oxygens (including phenoxy) is 2. The van der Waals surface area contributed by atoms with Crippen molar-refractivity contribution in [1.29, 1.82) is 0 Å². The lowest BCUT2D eigenvalue weighted by molar-refractivity contribution is -0.162. The zero-order valence-corrected chi connectivity index (χ0v) is 9.37. The fourth-order valence-electron chi connectivity index (χ4n) is 0.860. The number of aliphatic hydroxyl groups excluding tert-OH is 2. The summed E-state index contributed by atoms with van der Waals surface area (Å²) < 4.78 is 8.93. The molecule has 0 bridgehead atoms. The molecule has 6 nitrogen and oxygen atoms in total. The summed E-state index contributed by atoms with van der Waals surface area (Å²) in [5.41, 5.74) is 0. The Morgan fingerprint density at radius 1 is 1.00 bits per heavy atom. The van der Waals surface area contributed by atoms with E-state index in [-0.39, 0.29) is 19.3 Å². The van der Waals surface area contributed by atoms with E-state index >= 15 is 0 Å². The molecular formula is C11H16O6. The number of esters is 2. The lowest BCUT2D eigenvalue weighted by atomic mass is 10.2. The molecule has 6 heteroatoms. The van der Waals surface area contributed by atoms with Gasteiger partial charge in [-0.3, -0.25) is 9.59 Å². The number of hydrogen-bond donors (Lipinski definition) is 2. The number of carbonyl (C=O) groups excluding carboxylic acids is 2. The molecule has 2 atom stereocenters. The van der Waals surface area contributed by atoms with E-state index in [0.717, 1.165) is 12.2 Å². The molecule has 0 heterocycles. The molecule has 0 fully saturated rings. The van der Waals surface area contributed by atoms with Crippen LogP contribution in [-0.4, -0.2) is 34.7 Å². The van der Waals surface area contributed by atoms with Crippen LogP contribution in [0, 0.1) is 0 Å². The van der Waals surface area contributed by atoms with Gasteiger partial charge in [0.25, 0.3) is 0 Å². The van der Waals surface area contributed by atoms with Gasteiger partial charge in [-0.2, -0.15) is 0 Å². The fraction of sp³-hybridized carbons (Fsp3) is 0.455. The van der Waals surface area contributed by atoms with Crippen LogP contribution in [0.15, 0.2) is 25.3 Å². The highest BCUT2D eigenvalue weighted by Gasteiger charge is 2.11. The minimum Gasteiger partial charge on any atom is -0.432 e. The third-order valence-corrected chi connectivity index (χ3v) is 1.67. The minimum atomic E-state index is -1.34. The Balaban J connectivity index is 3.69. The quantitative estimate of drug-likeness (QED) is 0.361. The van der Waals surface area contributed by atoms with Crippen LogP contribution in [0.5, 0.6) is 0 Å². The highest BCUT2D eigenvalue weighted by molar-refractivity contribution is 5.72. The van der Waals surface area contributed by atoms with E-state index in [2.05, 4.69) is 22.6 Å². The smallest absolute Gasteiger partial charge is 0.308 e. The van der Waals surface area contributed by atoms with Gasteiger partial charge in [-0.25, -0.2) is 0 Å². The van der Waals surface area contributed by atoms with Crippen molar-refractivity contribution >= 4 is 11.9 Å². The Morgan fingerprint density at radius 2 is 1.35 bits per heavy atom. The van der Waals surface area contributed by atoms with E-state index in [1.165, 1.54) is 0 Å². The first kappa shape index (κ1) is 15.3. The summed E-state index contributed by atoms with van der Waals surface area (Å²) in [7, 11) is 0. The number of carbonyl (C=O) groups is 2. The Hall–Kier alpha value is -1.66. The molecule has 0 saturated heterocycles. The summed E-state index contributed by atoms with van der Waals surface area (Å²) in [4.78, 5) is 22.0. The second-order valence-electron chi connectivity index (χ2n) is 3.09. The largest absolute Gasteiger partial charge is 0.432 e. The zero-order chi connectivity index (χ0) is 13.3. The normalized spacial score (nSPS) is 13.3. The number of hydrogen-bond acceptors (Lipinski definition) is 6. The van der Waals surface area contributed by atoms with Crippen molar-refractivity contribution < 1.29 is 29.3 Å². The Labute approximate surface area is 99.1 Å². The van der Waals surface area contributed by atoms with Gasteiger partial charge in [0.15, 0.2) is 0 Å². The van der Waals surface area contributed by atoms with Crippen LogP contribution in [0.3, 0.4) is 0 Å². The predicted octanol–water partition coefficient (Wildman–Crippen LogP) is 0.252. The maximum Gasteiger partial charge on any atom is 0.308 e. The predicted molar refractivity (Wildman–Crippen MR) is 58.4 cm³/mol. The molecule has 0 aliphatic carbocycles. The van der Waals surface area contributed by atoms with E-state index in [1.54, 1.807) is 0 Å². The first-order valence-corrected chi connectivity index (χ1v) is 4.99. The summed E-state index contributed by atoms with van der Waals surface area (Å²) in [6.07, 6.45) is -0.423. The van der Waals surface area contributed by atoms with Crippen LogP contribution in [-0.2, 0) is 19.1 Å². The molecule has 0 aliphatic rings. The van der Waals surface area contributed by atoms with Crippen LogP contribution in [0.2, 0.25) is 0 Å². The summed E-state index contributed by atoms with van der Waals surface area (Å²) in [5.74, 6) is -1.29. The van der Waals surface area contributed by atoms with Gasteiger partial charge in [0.1, 0.15) is 0 Å². The van der Waals surface area contributed by atoms with Gasteiger partial charge in [-0.05, 0) is 18.6 Å². The van der Waals surface area contributed by atoms with Gasteiger partial charge in [-0.1, -0.05) is 13.2 Å². The third kappa shape index (κ3) is 8.18. The first-order valence-electron chi connectivity index (χ1n) is 4.99. The third-order valence-electron chi connectivity index (χ3n) is 1.67. The van der Waals surface area contributed by atoms with Gasteiger partial charge in [0, 0.05) is 12.8 Å². The van der Waals surface area contributed by atoms with E-state index in [9.17, 15) is 9.59 Å². The molecule has 0 aliphatic heterocycles. The highest BCUT2D eigenvalue weighted by atomic mass is 16.6. The molecule has 96 valence electrons. The molecule has 0 aromatic heterocycles. The second-order valence-corrected chi connectivity index (χ2v) is 3.09. The van der Waals surface area contributed by atoms with E-state index in [4.69, 9.17) is 10.2 Å². The van der Waals surface area contributed by atoms with Gasteiger partial charge in [0.2, 0.25) is 12.6 Å². The molecule has 0 spiro atoms. The maximum absolute atomic E-state index is 11.0. The van der Waals surface area contributed by atoms with Crippen molar-refractivity contribution in [2.75, 3.05) is 0 Å². The van der Waals surface area contributed by atoms with Gasteiger partial charge >= 0.3 is 11.9 Å². The van der Waals surface area contributed by atoms with Crippen molar-refractivity contribution in [2.45, 2.75) is 31.8 Å². The summed E-state index contributed by atoms with van der Waals surface area (Å²) in [6, 6.07) is 0. The molecule has 2 unspecified atom stereocenters. The van der Waals surface area contributed by atoms with Crippen molar-refractivity contribution in [3.05, 3.63) is 25.3 Å². The SMILES string of the molecule is C=CC(O)OC(=O)CCCC(=O)OC(O)C=C. The Bertz CT molecular complexity index is 258. The zero-order valence-electron chi connectivity index (χ0n) is 9.37. The molecule has 0 aromatic rings. The Morgan fingerprint density at radius 3 is 1.65 bits per heavy atom. The van der Waals surface area contributed by atoms with Crippen molar-refractivity contribution in [3.63, 3.8) is 0 Å². The van der Waals surface area contributed by atoms with Crippen LogP contribution in [0.25, 0.3) is 0 Å². The van der Waals surface area contributed by atoms with Crippen LogP contribution in [0.4, 0.5) is 0 Å². The van der Waals surface area contributed by atoms with E-state index in [1.807, 2.05) is 0 Å². The molecule has 0 radical (unpaired) electrons. The Kier molecular flexibility index (Phi) is 7.66. The minimum absolute atomic E-state index is 0.0375. The monoisotopic (exact) mass is 244 g/mol. The van der Waals surface area contributed by atoms with Crippen molar-refractivity contribution in [3.8, 4) is 0 Å². The van der Waals surface area contributed by atoms with Gasteiger partial charge < -0.3 is 19.7 Å². The molecule has 0 aromatic carbocycles. The molecule has 0 rings (SSSR count). The van der Waals surface area contributed by atoms with Crippen molar-refractivity contribution in [2.24, 2.45) is 0 Å². The molecule has 0 saturated carbocycles. The summed E-state index contributed by atoms with van der Waals surface area (Å²) in [6.45, 7) is 6.45. The van der Waals surface area contributed by atoms with Gasteiger partial charge in [0.05, 0.1) is 0 Å².